The number of pyridine rings is 2. The first-order valence-corrected chi connectivity index (χ1v) is 5.15. The summed E-state index contributed by atoms with van der Waals surface area (Å²) < 4.78 is 0. The molecule has 2 aromatic heterocycles. The standard InChI is InChI=1S/C11H7N3S/c12-8-9-7-10(4-6-13-9)15-11-3-1-2-5-14-11/h1-7H. The molecule has 0 radical (unpaired) electrons. The van der Waals surface area contributed by atoms with Gasteiger partial charge in [-0.15, -0.1) is 0 Å². The van der Waals surface area contributed by atoms with Gasteiger partial charge in [-0.05, 0) is 24.3 Å². The molecule has 0 saturated carbocycles. The maximum atomic E-state index is 8.69. The second-order valence-corrected chi connectivity index (χ2v) is 3.85. The van der Waals surface area contributed by atoms with Gasteiger partial charge in [-0.2, -0.15) is 5.26 Å². The van der Waals surface area contributed by atoms with Crippen LogP contribution in [0.1, 0.15) is 5.69 Å². The molecule has 0 unspecified atom stereocenters. The molecule has 0 aliphatic carbocycles. The number of rotatable bonds is 2. The number of nitriles is 1. The Morgan fingerprint density at radius 2 is 2.07 bits per heavy atom. The molecule has 2 rings (SSSR count). The van der Waals surface area contributed by atoms with E-state index >= 15 is 0 Å². The number of aromatic nitrogens is 2. The fourth-order valence-corrected chi connectivity index (χ4v) is 1.87. The van der Waals surface area contributed by atoms with Gasteiger partial charge in [0.15, 0.2) is 0 Å². The Balaban J connectivity index is 2.22. The first-order chi connectivity index (χ1) is 7.38. The zero-order chi connectivity index (χ0) is 10.5. The quantitative estimate of drug-likeness (QED) is 0.769. The van der Waals surface area contributed by atoms with Gasteiger partial charge in [-0.1, -0.05) is 17.8 Å². The molecule has 0 bridgehead atoms. The van der Waals surface area contributed by atoms with E-state index in [1.54, 1.807) is 18.5 Å². The van der Waals surface area contributed by atoms with Crippen LogP contribution in [0.4, 0.5) is 0 Å². The van der Waals surface area contributed by atoms with Gasteiger partial charge in [-0.25, -0.2) is 9.97 Å². The van der Waals surface area contributed by atoms with Crippen LogP contribution >= 0.6 is 11.8 Å². The van der Waals surface area contributed by atoms with Crippen LogP contribution < -0.4 is 0 Å². The number of nitrogens with zero attached hydrogens (tertiary/aromatic N) is 3. The summed E-state index contributed by atoms with van der Waals surface area (Å²) in [6.45, 7) is 0. The summed E-state index contributed by atoms with van der Waals surface area (Å²) in [7, 11) is 0. The second kappa shape index (κ2) is 4.58. The van der Waals surface area contributed by atoms with Crippen molar-refractivity contribution in [3.8, 4) is 6.07 Å². The lowest BCUT2D eigenvalue weighted by Gasteiger charge is -1.99. The minimum atomic E-state index is 0.427. The Bertz CT molecular complexity index is 491. The average Bonchev–Trinajstić information content (AvgIpc) is 2.31. The molecule has 15 heavy (non-hydrogen) atoms. The normalized spacial score (nSPS) is 9.53. The lowest BCUT2D eigenvalue weighted by Crippen LogP contribution is -1.82. The van der Waals surface area contributed by atoms with Crippen molar-refractivity contribution in [3.05, 3.63) is 48.4 Å². The molecule has 4 heteroatoms. The van der Waals surface area contributed by atoms with E-state index in [9.17, 15) is 0 Å². The molecule has 2 aromatic rings. The fraction of sp³-hybridized carbons (Fsp3) is 0. The minimum Gasteiger partial charge on any atom is -0.250 e. The maximum Gasteiger partial charge on any atom is 0.141 e. The summed E-state index contributed by atoms with van der Waals surface area (Å²) in [6.07, 6.45) is 3.37. The van der Waals surface area contributed by atoms with Gasteiger partial charge < -0.3 is 0 Å². The molecule has 0 aliphatic heterocycles. The van der Waals surface area contributed by atoms with Gasteiger partial charge in [0.1, 0.15) is 16.8 Å². The zero-order valence-corrected chi connectivity index (χ0v) is 8.61. The van der Waals surface area contributed by atoms with Crippen LogP contribution in [0.25, 0.3) is 0 Å². The Labute approximate surface area is 91.8 Å². The Kier molecular flexibility index (Phi) is 2.96. The Hall–Kier alpha value is -1.86. The molecule has 0 spiro atoms. The molecular weight excluding hydrogens is 206 g/mol. The van der Waals surface area contributed by atoms with Gasteiger partial charge in [-0.3, -0.25) is 0 Å². The van der Waals surface area contributed by atoms with Gasteiger partial charge in [0.2, 0.25) is 0 Å². The molecule has 0 aromatic carbocycles. The van der Waals surface area contributed by atoms with Crippen molar-refractivity contribution < 1.29 is 0 Å². The van der Waals surface area contributed by atoms with Crippen LogP contribution in [-0.2, 0) is 0 Å². The smallest absolute Gasteiger partial charge is 0.141 e. The van der Waals surface area contributed by atoms with Crippen LogP contribution in [0.3, 0.4) is 0 Å². The first kappa shape index (κ1) is 9.69. The van der Waals surface area contributed by atoms with Gasteiger partial charge in [0.25, 0.3) is 0 Å². The van der Waals surface area contributed by atoms with Gasteiger partial charge in [0.05, 0.1) is 0 Å². The van der Waals surface area contributed by atoms with Gasteiger partial charge >= 0.3 is 0 Å². The van der Waals surface area contributed by atoms with E-state index < -0.39 is 0 Å². The maximum absolute atomic E-state index is 8.69. The van der Waals surface area contributed by atoms with E-state index in [4.69, 9.17) is 5.26 Å². The van der Waals surface area contributed by atoms with E-state index in [1.807, 2.05) is 30.3 Å². The summed E-state index contributed by atoms with van der Waals surface area (Å²) in [6, 6.07) is 11.4. The molecule has 2 heterocycles. The Morgan fingerprint density at radius 3 is 2.80 bits per heavy atom. The third-order valence-electron chi connectivity index (χ3n) is 1.71. The van der Waals surface area contributed by atoms with Crippen molar-refractivity contribution in [3.63, 3.8) is 0 Å². The van der Waals surface area contributed by atoms with Crippen molar-refractivity contribution in [2.75, 3.05) is 0 Å². The predicted molar refractivity (Wildman–Crippen MR) is 57.3 cm³/mol. The highest BCUT2D eigenvalue weighted by Gasteiger charge is 1.99. The highest BCUT2D eigenvalue weighted by molar-refractivity contribution is 7.99. The van der Waals surface area contributed by atoms with Crippen molar-refractivity contribution in [2.24, 2.45) is 0 Å². The van der Waals surface area contributed by atoms with E-state index in [-0.39, 0.29) is 0 Å². The fourth-order valence-electron chi connectivity index (χ4n) is 1.06. The van der Waals surface area contributed by atoms with Crippen LogP contribution in [-0.4, -0.2) is 9.97 Å². The average molecular weight is 213 g/mol. The summed E-state index contributed by atoms with van der Waals surface area (Å²) in [5.41, 5.74) is 0.427. The summed E-state index contributed by atoms with van der Waals surface area (Å²) in [5, 5.41) is 9.60. The first-order valence-electron chi connectivity index (χ1n) is 4.33. The molecule has 0 fully saturated rings. The highest BCUT2D eigenvalue weighted by Crippen LogP contribution is 2.25. The minimum absolute atomic E-state index is 0.427. The summed E-state index contributed by atoms with van der Waals surface area (Å²) in [5.74, 6) is 0. The molecular formula is C11H7N3S. The molecule has 0 atom stereocenters. The van der Waals surface area contributed by atoms with Crippen LogP contribution in [0.15, 0.2) is 52.6 Å². The number of hydrogen-bond acceptors (Lipinski definition) is 4. The van der Waals surface area contributed by atoms with Crippen molar-refractivity contribution in [1.82, 2.24) is 9.97 Å². The third-order valence-corrected chi connectivity index (χ3v) is 2.65. The lowest BCUT2D eigenvalue weighted by atomic mass is 10.4. The molecule has 72 valence electrons. The van der Waals surface area contributed by atoms with Gasteiger partial charge in [0, 0.05) is 17.3 Å². The molecule has 0 aliphatic rings. The van der Waals surface area contributed by atoms with E-state index in [0.29, 0.717) is 5.69 Å². The van der Waals surface area contributed by atoms with E-state index in [1.165, 1.54) is 11.8 Å². The van der Waals surface area contributed by atoms with Crippen molar-refractivity contribution in [2.45, 2.75) is 9.92 Å². The van der Waals surface area contributed by atoms with Crippen molar-refractivity contribution >= 4 is 11.8 Å². The van der Waals surface area contributed by atoms with Crippen molar-refractivity contribution in [1.29, 1.82) is 5.26 Å². The molecule has 0 saturated heterocycles. The molecule has 0 amide bonds. The summed E-state index contributed by atoms with van der Waals surface area (Å²) >= 11 is 1.51. The third kappa shape index (κ3) is 2.55. The number of hydrogen-bond donors (Lipinski definition) is 0. The lowest BCUT2D eigenvalue weighted by molar-refractivity contribution is 1.13. The molecule has 3 nitrogen and oxygen atoms in total. The predicted octanol–water partition coefficient (Wildman–Crippen LogP) is 2.50. The van der Waals surface area contributed by atoms with Crippen LogP contribution in [0, 0.1) is 11.3 Å². The molecule has 0 N–H and O–H groups in total. The largest absolute Gasteiger partial charge is 0.250 e. The zero-order valence-electron chi connectivity index (χ0n) is 7.79. The highest BCUT2D eigenvalue weighted by atomic mass is 32.2. The monoisotopic (exact) mass is 213 g/mol. The van der Waals surface area contributed by atoms with Crippen LogP contribution in [0.2, 0.25) is 0 Å². The summed E-state index contributed by atoms with van der Waals surface area (Å²) in [4.78, 5) is 9.07. The second-order valence-electron chi connectivity index (χ2n) is 2.76. The Morgan fingerprint density at radius 1 is 1.13 bits per heavy atom. The van der Waals surface area contributed by atoms with Crippen LogP contribution in [0.5, 0.6) is 0 Å². The van der Waals surface area contributed by atoms with E-state index in [0.717, 1.165) is 9.92 Å². The van der Waals surface area contributed by atoms with E-state index in [2.05, 4.69) is 9.97 Å². The topological polar surface area (TPSA) is 49.6 Å². The SMILES string of the molecule is N#Cc1cc(Sc2ccccn2)ccn1.